The molecule has 0 saturated carbocycles. The molecule has 0 radical (unpaired) electrons. The summed E-state index contributed by atoms with van der Waals surface area (Å²) in [5.41, 5.74) is 5.81. The van der Waals surface area contributed by atoms with Gasteiger partial charge in [0.15, 0.2) is 11.5 Å². The number of para-hydroxylation sites is 1. The molecule has 0 aliphatic carbocycles. The van der Waals surface area contributed by atoms with Gasteiger partial charge in [0.25, 0.3) is 0 Å². The Kier molecular flexibility index (Phi) is 5.63. The predicted molar refractivity (Wildman–Crippen MR) is 130 cm³/mol. The predicted octanol–water partition coefficient (Wildman–Crippen LogP) is 6.85. The molecule has 0 N–H and O–H groups in total. The van der Waals surface area contributed by atoms with Crippen LogP contribution >= 0.6 is 0 Å². The molecule has 0 aromatic heterocycles. The van der Waals surface area contributed by atoms with Gasteiger partial charge in [-0.15, -0.1) is 0 Å². The largest absolute Gasteiger partial charge is 0.493 e. The number of nitrogens with zero attached hydrogens (tertiary/aromatic N) is 1. The lowest BCUT2D eigenvalue weighted by Gasteiger charge is -2.36. The highest BCUT2D eigenvalue weighted by molar-refractivity contribution is 5.71. The molecule has 3 nitrogen and oxygen atoms in total. The normalized spacial score (nSPS) is 14.7. The van der Waals surface area contributed by atoms with Gasteiger partial charge < -0.3 is 14.4 Å². The topological polar surface area (TPSA) is 21.7 Å². The summed E-state index contributed by atoms with van der Waals surface area (Å²) in [7, 11) is 1.69. The van der Waals surface area contributed by atoms with Crippen LogP contribution in [0.5, 0.6) is 11.5 Å². The number of fused-ring (bicyclic) bond motifs is 1. The van der Waals surface area contributed by atoms with Crippen molar-refractivity contribution < 1.29 is 9.47 Å². The van der Waals surface area contributed by atoms with Gasteiger partial charge in [0.2, 0.25) is 0 Å². The Bertz CT molecular complexity index is 1200. The van der Waals surface area contributed by atoms with Gasteiger partial charge in [-0.2, -0.15) is 0 Å². The van der Waals surface area contributed by atoms with Crippen molar-refractivity contribution in [2.24, 2.45) is 0 Å². The van der Waals surface area contributed by atoms with Crippen molar-refractivity contribution in [3.63, 3.8) is 0 Å². The van der Waals surface area contributed by atoms with Crippen molar-refractivity contribution in [1.29, 1.82) is 0 Å². The van der Waals surface area contributed by atoms with E-state index < -0.39 is 0 Å². The van der Waals surface area contributed by atoms with Crippen molar-refractivity contribution in [2.45, 2.75) is 12.6 Å². The molecule has 158 valence electrons. The minimum absolute atomic E-state index is 0.0311. The zero-order chi connectivity index (χ0) is 21.8. The van der Waals surface area contributed by atoms with E-state index >= 15 is 0 Å². The number of hydrogen-bond donors (Lipinski definition) is 0. The van der Waals surface area contributed by atoms with Gasteiger partial charge in [0, 0.05) is 11.9 Å². The van der Waals surface area contributed by atoms with Crippen LogP contribution < -0.4 is 14.4 Å². The van der Waals surface area contributed by atoms with E-state index in [2.05, 4.69) is 96.0 Å². The van der Waals surface area contributed by atoms with Gasteiger partial charge >= 0.3 is 0 Å². The van der Waals surface area contributed by atoms with Crippen molar-refractivity contribution in [3.8, 4) is 11.5 Å². The van der Waals surface area contributed by atoms with Gasteiger partial charge in [-0.3, -0.25) is 0 Å². The quantitative estimate of drug-likeness (QED) is 0.341. The maximum Gasteiger partial charge on any atom is 0.162 e. The maximum atomic E-state index is 6.24. The highest BCUT2D eigenvalue weighted by atomic mass is 16.5. The Morgan fingerprint density at radius 3 is 2.09 bits per heavy atom. The first kappa shape index (κ1) is 20.0. The smallest absolute Gasteiger partial charge is 0.162 e. The van der Waals surface area contributed by atoms with Crippen LogP contribution in [0.3, 0.4) is 0 Å². The van der Waals surface area contributed by atoms with Gasteiger partial charge in [0.1, 0.15) is 6.61 Å². The van der Waals surface area contributed by atoms with Gasteiger partial charge in [-0.25, -0.2) is 0 Å². The summed E-state index contributed by atoms with van der Waals surface area (Å²) in [6, 6.07) is 35.5. The van der Waals surface area contributed by atoms with Crippen LogP contribution in [0.1, 0.15) is 28.3 Å². The van der Waals surface area contributed by atoms with Crippen LogP contribution in [0.4, 0.5) is 5.69 Å². The molecule has 3 heteroatoms. The Morgan fingerprint density at radius 1 is 0.750 bits per heavy atom. The molecule has 4 aromatic rings. The van der Waals surface area contributed by atoms with Crippen molar-refractivity contribution >= 4 is 11.8 Å². The average molecular weight is 420 g/mol. The Morgan fingerprint density at radius 2 is 1.41 bits per heavy atom. The minimum atomic E-state index is 0.0311. The van der Waals surface area contributed by atoms with Crippen LogP contribution in [0, 0.1) is 0 Å². The fourth-order valence-corrected chi connectivity index (χ4v) is 4.19. The Labute approximate surface area is 189 Å². The molecule has 1 atom stereocenters. The first-order chi connectivity index (χ1) is 15.8. The molecule has 32 heavy (non-hydrogen) atoms. The summed E-state index contributed by atoms with van der Waals surface area (Å²) in [5.74, 6) is 1.49. The first-order valence-corrected chi connectivity index (χ1v) is 10.8. The number of hydrogen-bond acceptors (Lipinski definition) is 3. The second kappa shape index (κ2) is 9.03. The van der Waals surface area contributed by atoms with Crippen molar-refractivity contribution in [1.82, 2.24) is 0 Å². The molecule has 0 unspecified atom stereocenters. The molecule has 5 rings (SSSR count). The molecule has 1 aliphatic heterocycles. The number of rotatable bonds is 6. The van der Waals surface area contributed by atoms with E-state index in [0.717, 1.165) is 28.3 Å². The first-order valence-electron chi connectivity index (χ1n) is 10.8. The molecular formula is C29H25NO2. The zero-order valence-corrected chi connectivity index (χ0v) is 18.0. The van der Waals surface area contributed by atoms with E-state index in [1.807, 2.05) is 24.3 Å². The van der Waals surface area contributed by atoms with E-state index in [1.54, 1.807) is 7.11 Å². The number of methoxy groups -OCH3 is 1. The third-order valence-corrected chi connectivity index (χ3v) is 5.76. The summed E-state index contributed by atoms with van der Waals surface area (Å²) in [6.07, 6.45) is 4.30. The number of ether oxygens (including phenoxy) is 2. The minimum Gasteiger partial charge on any atom is -0.493 e. The third kappa shape index (κ3) is 3.97. The molecule has 0 spiro atoms. The van der Waals surface area contributed by atoms with E-state index in [-0.39, 0.29) is 6.04 Å². The summed E-state index contributed by atoms with van der Waals surface area (Å²) in [4.78, 5) is 2.31. The van der Waals surface area contributed by atoms with Gasteiger partial charge in [-0.1, -0.05) is 78.9 Å². The molecule has 0 bridgehead atoms. The second-order valence-corrected chi connectivity index (χ2v) is 7.78. The Hall–Kier alpha value is -3.98. The van der Waals surface area contributed by atoms with Crippen LogP contribution in [0.2, 0.25) is 0 Å². The number of anilines is 1. The van der Waals surface area contributed by atoms with Gasteiger partial charge in [0.05, 0.1) is 13.2 Å². The SMILES string of the molecule is COc1cc2c(cc1OCc1ccccc1)[C@@H](c1ccccc1)N(c1ccccc1)C=C2. The molecule has 1 aliphatic rings. The summed E-state index contributed by atoms with van der Waals surface area (Å²) in [5, 5.41) is 0. The average Bonchev–Trinajstić information content (AvgIpc) is 2.88. The highest BCUT2D eigenvalue weighted by Crippen LogP contribution is 2.43. The van der Waals surface area contributed by atoms with Crippen molar-refractivity contribution in [2.75, 3.05) is 12.0 Å². The third-order valence-electron chi connectivity index (χ3n) is 5.76. The fraction of sp³-hybridized carbons (Fsp3) is 0.103. The van der Waals surface area contributed by atoms with Crippen LogP contribution in [0.15, 0.2) is 109 Å². The number of benzene rings is 4. The molecule has 1 heterocycles. The summed E-state index contributed by atoms with van der Waals surface area (Å²) >= 11 is 0. The van der Waals surface area contributed by atoms with E-state index in [4.69, 9.17) is 9.47 Å². The molecule has 0 amide bonds. The van der Waals surface area contributed by atoms with Crippen LogP contribution in [-0.4, -0.2) is 7.11 Å². The van der Waals surface area contributed by atoms with Crippen molar-refractivity contribution in [3.05, 3.63) is 132 Å². The lowest BCUT2D eigenvalue weighted by molar-refractivity contribution is 0.284. The molecule has 0 fully saturated rings. The fourth-order valence-electron chi connectivity index (χ4n) is 4.19. The molecule has 4 aromatic carbocycles. The molecular weight excluding hydrogens is 394 g/mol. The monoisotopic (exact) mass is 419 g/mol. The maximum absolute atomic E-state index is 6.24. The van der Waals surface area contributed by atoms with Crippen LogP contribution in [-0.2, 0) is 6.61 Å². The van der Waals surface area contributed by atoms with E-state index in [9.17, 15) is 0 Å². The second-order valence-electron chi connectivity index (χ2n) is 7.78. The van der Waals surface area contributed by atoms with Gasteiger partial charge in [-0.05, 0) is 52.6 Å². The Balaban J connectivity index is 1.58. The van der Waals surface area contributed by atoms with E-state index in [0.29, 0.717) is 6.61 Å². The summed E-state index contributed by atoms with van der Waals surface area (Å²) < 4.78 is 11.9. The molecule has 0 saturated heterocycles. The summed E-state index contributed by atoms with van der Waals surface area (Å²) in [6.45, 7) is 0.490. The standard InChI is InChI=1S/C29H25NO2/c1-31-27-19-24-17-18-30(25-15-9-4-10-16-25)29(23-13-7-3-8-14-23)26(24)20-28(27)32-21-22-11-5-2-6-12-22/h2-20,29H,21H2,1H3/t29-/m1/s1. The lowest BCUT2D eigenvalue weighted by atomic mass is 9.90. The van der Waals surface area contributed by atoms with E-state index in [1.165, 1.54) is 11.1 Å². The lowest BCUT2D eigenvalue weighted by Crippen LogP contribution is -2.27. The zero-order valence-electron chi connectivity index (χ0n) is 18.0. The highest BCUT2D eigenvalue weighted by Gasteiger charge is 2.28. The van der Waals surface area contributed by atoms with Crippen LogP contribution in [0.25, 0.3) is 6.08 Å².